The molecule has 0 fully saturated rings. The predicted molar refractivity (Wildman–Crippen MR) is 114 cm³/mol. The van der Waals surface area contributed by atoms with Crippen LogP contribution in [0, 0.1) is 6.92 Å². The van der Waals surface area contributed by atoms with E-state index >= 15 is 0 Å². The maximum atomic E-state index is 12.4. The van der Waals surface area contributed by atoms with Crippen LogP contribution in [0.3, 0.4) is 0 Å². The first kappa shape index (κ1) is 19.8. The van der Waals surface area contributed by atoms with Crippen LogP contribution in [-0.2, 0) is 16.1 Å². The molecule has 1 aliphatic heterocycles. The molecule has 1 aliphatic rings. The van der Waals surface area contributed by atoms with Crippen molar-refractivity contribution in [3.8, 4) is 16.2 Å². The topological polar surface area (TPSA) is 64.6 Å². The molecule has 3 aromatic rings. The van der Waals surface area contributed by atoms with Gasteiger partial charge in [0.25, 0.3) is 5.91 Å². The minimum Gasteiger partial charge on any atom is -0.488 e. The van der Waals surface area contributed by atoms with E-state index < -0.39 is 18.5 Å². The van der Waals surface area contributed by atoms with E-state index in [9.17, 15) is 9.59 Å². The number of para-hydroxylation sites is 1. The molecule has 5 nitrogen and oxygen atoms in total. The minimum atomic E-state index is -0.571. The Hall–Kier alpha value is -2.54. The first-order valence-electron chi connectivity index (χ1n) is 8.70. The number of nitrogens with one attached hydrogen (secondary N) is 1. The van der Waals surface area contributed by atoms with E-state index in [4.69, 9.17) is 32.7 Å². The molecule has 0 radical (unpaired) electrons. The number of carbonyl (C=O) groups is 2. The lowest BCUT2D eigenvalue weighted by Gasteiger charge is -2.16. The van der Waals surface area contributed by atoms with Gasteiger partial charge in [-0.1, -0.05) is 41.4 Å². The number of rotatable bonds is 4. The maximum Gasteiger partial charge on any atom is 0.348 e. The highest BCUT2D eigenvalue weighted by atomic mass is 35.5. The van der Waals surface area contributed by atoms with E-state index in [0.717, 1.165) is 27.3 Å². The van der Waals surface area contributed by atoms with E-state index in [2.05, 4.69) is 5.32 Å². The van der Waals surface area contributed by atoms with E-state index in [1.165, 1.54) is 11.3 Å². The summed E-state index contributed by atoms with van der Waals surface area (Å²) in [5, 5.41) is 3.25. The highest BCUT2D eigenvalue weighted by Gasteiger charge is 2.23. The lowest BCUT2D eigenvalue weighted by atomic mass is 10.1. The van der Waals surface area contributed by atoms with Gasteiger partial charge in [-0.05, 0) is 36.8 Å². The quantitative estimate of drug-likeness (QED) is 0.519. The van der Waals surface area contributed by atoms with Gasteiger partial charge in [-0.15, -0.1) is 11.3 Å². The van der Waals surface area contributed by atoms with Crippen molar-refractivity contribution < 1.29 is 19.1 Å². The van der Waals surface area contributed by atoms with Gasteiger partial charge in [0.2, 0.25) is 0 Å². The number of halogens is 2. The molecule has 1 amide bonds. The zero-order valence-corrected chi connectivity index (χ0v) is 17.6. The summed E-state index contributed by atoms with van der Waals surface area (Å²) in [5.41, 5.74) is 2.94. The van der Waals surface area contributed by atoms with Crippen molar-refractivity contribution in [2.24, 2.45) is 0 Å². The van der Waals surface area contributed by atoms with Gasteiger partial charge in [0.1, 0.15) is 17.2 Å². The molecule has 0 bridgehead atoms. The smallest absolute Gasteiger partial charge is 0.348 e. The second-order valence-electron chi connectivity index (χ2n) is 6.43. The SMILES string of the molecule is Cc1ccc(Cl)c(NC(=O)COC(=O)c2cc3c(s2)-c2ccccc2OC3)c1Cl. The molecule has 2 heterocycles. The third-order valence-corrected chi connectivity index (χ3v) is 6.40. The summed E-state index contributed by atoms with van der Waals surface area (Å²) in [5.74, 6) is -0.311. The van der Waals surface area contributed by atoms with Crippen LogP contribution in [0.4, 0.5) is 5.69 Å². The molecule has 0 saturated heterocycles. The number of thiophene rings is 1. The third kappa shape index (κ3) is 3.96. The fourth-order valence-electron chi connectivity index (χ4n) is 2.95. The number of amides is 1. The van der Waals surface area contributed by atoms with Crippen LogP contribution >= 0.6 is 34.5 Å². The molecule has 0 unspecified atom stereocenters. The molecule has 29 heavy (non-hydrogen) atoms. The summed E-state index contributed by atoms with van der Waals surface area (Å²) in [6, 6.07) is 12.8. The van der Waals surface area contributed by atoms with E-state index in [-0.39, 0.29) is 0 Å². The first-order chi connectivity index (χ1) is 13.9. The van der Waals surface area contributed by atoms with Crippen LogP contribution in [-0.4, -0.2) is 18.5 Å². The third-order valence-electron chi connectivity index (χ3n) is 4.41. The minimum absolute atomic E-state index is 0.301. The Morgan fingerprint density at radius 1 is 1.21 bits per heavy atom. The highest BCUT2D eigenvalue weighted by Crippen LogP contribution is 2.42. The average molecular weight is 448 g/mol. The summed E-state index contributed by atoms with van der Waals surface area (Å²) < 4.78 is 10.9. The molecule has 2 aromatic carbocycles. The normalized spacial score (nSPS) is 11.8. The molecule has 0 atom stereocenters. The van der Waals surface area contributed by atoms with Crippen LogP contribution in [0.2, 0.25) is 10.0 Å². The predicted octanol–water partition coefficient (Wildman–Crippen LogP) is 5.72. The number of fused-ring (bicyclic) bond motifs is 3. The van der Waals surface area contributed by atoms with Gasteiger partial charge in [-0.3, -0.25) is 4.79 Å². The molecule has 1 aromatic heterocycles. The van der Waals surface area contributed by atoms with Crippen LogP contribution in [0.15, 0.2) is 42.5 Å². The number of carbonyl (C=O) groups excluding carboxylic acids is 2. The van der Waals surface area contributed by atoms with Crippen LogP contribution < -0.4 is 10.1 Å². The van der Waals surface area contributed by atoms with Crippen molar-refractivity contribution in [2.45, 2.75) is 13.5 Å². The van der Waals surface area contributed by atoms with Crippen molar-refractivity contribution in [3.05, 3.63) is 68.5 Å². The fraction of sp³-hybridized carbons (Fsp3) is 0.143. The van der Waals surface area contributed by atoms with E-state index in [1.807, 2.05) is 24.3 Å². The number of aryl methyl sites for hydroxylation is 1. The Bertz CT molecular complexity index is 1130. The molecule has 0 spiro atoms. The molecule has 1 N–H and O–H groups in total. The number of anilines is 1. The summed E-state index contributed by atoms with van der Waals surface area (Å²) in [6.45, 7) is 1.74. The van der Waals surface area contributed by atoms with Crippen LogP contribution in [0.25, 0.3) is 10.4 Å². The van der Waals surface area contributed by atoms with Gasteiger partial charge in [0.15, 0.2) is 6.61 Å². The van der Waals surface area contributed by atoms with Crippen molar-refractivity contribution in [2.75, 3.05) is 11.9 Å². The molecule has 4 rings (SSSR count). The summed E-state index contributed by atoms with van der Waals surface area (Å²) in [7, 11) is 0. The second-order valence-corrected chi connectivity index (χ2v) is 8.26. The van der Waals surface area contributed by atoms with Gasteiger partial charge in [0, 0.05) is 16.0 Å². The number of esters is 1. The van der Waals surface area contributed by atoms with Crippen molar-refractivity contribution in [1.29, 1.82) is 0 Å². The summed E-state index contributed by atoms with van der Waals surface area (Å²) in [4.78, 5) is 26.0. The Labute approximate surface area is 181 Å². The fourth-order valence-corrected chi connectivity index (χ4v) is 4.51. The Morgan fingerprint density at radius 3 is 2.83 bits per heavy atom. The van der Waals surface area contributed by atoms with Gasteiger partial charge >= 0.3 is 5.97 Å². The van der Waals surface area contributed by atoms with Crippen LogP contribution in [0.1, 0.15) is 20.8 Å². The second kappa shape index (κ2) is 8.06. The highest BCUT2D eigenvalue weighted by molar-refractivity contribution is 7.17. The lowest BCUT2D eigenvalue weighted by Crippen LogP contribution is -2.21. The summed E-state index contributed by atoms with van der Waals surface area (Å²) >= 11 is 13.6. The summed E-state index contributed by atoms with van der Waals surface area (Å²) in [6.07, 6.45) is 0. The van der Waals surface area contributed by atoms with Gasteiger partial charge in [-0.25, -0.2) is 4.79 Å². The van der Waals surface area contributed by atoms with E-state index in [0.29, 0.717) is 27.2 Å². The molecular weight excluding hydrogens is 433 g/mol. The van der Waals surface area contributed by atoms with Crippen molar-refractivity contribution in [1.82, 2.24) is 0 Å². The van der Waals surface area contributed by atoms with E-state index in [1.54, 1.807) is 25.1 Å². The first-order valence-corrected chi connectivity index (χ1v) is 10.3. The zero-order valence-electron chi connectivity index (χ0n) is 15.3. The number of hydrogen-bond acceptors (Lipinski definition) is 5. The molecule has 148 valence electrons. The molecular formula is C21H15Cl2NO4S. The van der Waals surface area contributed by atoms with Gasteiger partial charge in [-0.2, -0.15) is 0 Å². The molecule has 8 heteroatoms. The van der Waals surface area contributed by atoms with Gasteiger partial charge < -0.3 is 14.8 Å². The average Bonchev–Trinajstić information content (AvgIpc) is 3.17. The number of hydrogen-bond donors (Lipinski definition) is 1. The molecule has 0 aliphatic carbocycles. The number of benzene rings is 2. The number of ether oxygens (including phenoxy) is 2. The monoisotopic (exact) mass is 447 g/mol. The van der Waals surface area contributed by atoms with Crippen LogP contribution in [0.5, 0.6) is 5.75 Å². The zero-order chi connectivity index (χ0) is 20.5. The largest absolute Gasteiger partial charge is 0.488 e. The Morgan fingerprint density at radius 2 is 2.00 bits per heavy atom. The lowest BCUT2D eigenvalue weighted by molar-refractivity contribution is -0.119. The Balaban J connectivity index is 1.43. The van der Waals surface area contributed by atoms with Crippen molar-refractivity contribution in [3.63, 3.8) is 0 Å². The molecule has 0 saturated carbocycles. The van der Waals surface area contributed by atoms with Gasteiger partial charge in [0.05, 0.1) is 15.7 Å². The Kier molecular flexibility index (Phi) is 5.50. The standard InChI is InChI=1S/C21H15Cl2NO4S/c1-11-6-7-14(22)19(18(11)23)24-17(25)10-28-21(26)16-8-12-9-27-15-5-3-2-4-13(15)20(12)29-16/h2-8H,9-10H2,1H3,(H,24,25). The maximum absolute atomic E-state index is 12.4. The van der Waals surface area contributed by atoms with Crippen molar-refractivity contribution >= 4 is 52.1 Å².